The van der Waals surface area contributed by atoms with Crippen LogP contribution in [0.5, 0.6) is 0 Å². The summed E-state index contributed by atoms with van der Waals surface area (Å²) in [7, 11) is 3.49. The van der Waals surface area contributed by atoms with E-state index in [4.69, 9.17) is 0 Å². The van der Waals surface area contributed by atoms with Crippen LogP contribution in [0.25, 0.3) is 11.1 Å². The van der Waals surface area contributed by atoms with Crippen LogP contribution in [0.4, 0.5) is 19.0 Å². The highest BCUT2D eigenvalue weighted by atomic mass is 79.9. The second-order valence-electron chi connectivity index (χ2n) is 4.50. The third-order valence-electron chi connectivity index (χ3n) is 2.75. The molecule has 0 saturated heterocycles. The van der Waals surface area contributed by atoms with E-state index in [0.717, 1.165) is 16.7 Å². The van der Waals surface area contributed by atoms with Crippen LogP contribution >= 0.6 is 15.9 Å². The maximum Gasteiger partial charge on any atom is 0.417 e. The molecule has 0 spiro atoms. The van der Waals surface area contributed by atoms with Crippen molar-refractivity contribution < 1.29 is 13.2 Å². The average Bonchev–Trinajstić information content (AvgIpc) is 2.37. The van der Waals surface area contributed by atoms with Crippen molar-refractivity contribution >= 4 is 21.7 Å². The Bertz CT molecular complexity index is 624. The molecule has 0 atom stereocenters. The van der Waals surface area contributed by atoms with Crippen LogP contribution in [-0.4, -0.2) is 19.1 Å². The average molecular weight is 345 g/mol. The topological polar surface area (TPSA) is 16.1 Å². The molecule has 2 rings (SSSR count). The molecule has 0 N–H and O–H groups in total. The predicted molar refractivity (Wildman–Crippen MR) is 76.7 cm³/mol. The number of pyridine rings is 1. The van der Waals surface area contributed by atoms with Gasteiger partial charge in [-0.25, -0.2) is 4.98 Å². The SMILES string of the molecule is CN(C)c1ncc(C(F)(F)F)cc1-c1cccc(Br)c1. The first-order chi connectivity index (χ1) is 9.29. The fraction of sp³-hybridized carbons (Fsp3) is 0.214. The summed E-state index contributed by atoms with van der Waals surface area (Å²) < 4.78 is 39.3. The molecule has 0 bridgehead atoms. The smallest absolute Gasteiger partial charge is 0.362 e. The Labute approximate surface area is 123 Å². The molecule has 0 unspecified atom stereocenters. The van der Waals surface area contributed by atoms with Crippen molar-refractivity contribution in [2.24, 2.45) is 0 Å². The molecular formula is C14H12BrF3N2. The summed E-state index contributed by atoms with van der Waals surface area (Å²) in [5, 5.41) is 0. The van der Waals surface area contributed by atoms with Gasteiger partial charge >= 0.3 is 6.18 Å². The number of rotatable bonds is 2. The molecular weight excluding hydrogens is 333 g/mol. The van der Waals surface area contributed by atoms with Crippen LogP contribution in [0, 0.1) is 0 Å². The Hall–Kier alpha value is -1.56. The molecule has 1 aromatic heterocycles. The lowest BCUT2D eigenvalue weighted by Crippen LogP contribution is -2.14. The number of halogens is 4. The summed E-state index contributed by atoms with van der Waals surface area (Å²) in [5.74, 6) is 0.496. The van der Waals surface area contributed by atoms with Crippen molar-refractivity contribution in [2.75, 3.05) is 19.0 Å². The molecule has 0 aliphatic heterocycles. The van der Waals surface area contributed by atoms with Crippen molar-refractivity contribution in [3.05, 3.63) is 46.6 Å². The maximum atomic E-state index is 12.8. The molecule has 0 aliphatic rings. The molecule has 1 heterocycles. The summed E-state index contributed by atoms with van der Waals surface area (Å²) in [4.78, 5) is 5.63. The summed E-state index contributed by atoms with van der Waals surface area (Å²) in [6.07, 6.45) is -3.55. The summed E-state index contributed by atoms with van der Waals surface area (Å²) in [6.45, 7) is 0. The van der Waals surface area contributed by atoms with Crippen molar-refractivity contribution in [3.8, 4) is 11.1 Å². The number of benzene rings is 1. The maximum absolute atomic E-state index is 12.8. The molecule has 6 heteroatoms. The third-order valence-corrected chi connectivity index (χ3v) is 3.25. The third kappa shape index (κ3) is 3.12. The van der Waals surface area contributed by atoms with Gasteiger partial charge in [-0.05, 0) is 23.8 Å². The number of alkyl halides is 3. The molecule has 1 aromatic carbocycles. The van der Waals surface area contributed by atoms with Crippen molar-refractivity contribution in [1.82, 2.24) is 4.98 Å². The minimum atomic E-state index is -4.40. The first-order valence-corrected chi connectivity index (χ1v) is 6.59. The van der Waals surface area contributed by atoms with Gasteiger partial charge in [-0.3, -0.25) is 0 Å². The Kier molecular flexibility index (Phi) is 4.04. The highest BCUT2D eigenvalue weighted by Crippen LogP contribution is 2.36. The van der Waals surface area contributed by atoms with Crippen LogP contribution in [0.15, 0.2) is 41.0 Å². The van der Waals surface area contributed by atoms with Crippen LogP contribution in [0.3, 0.4) is 0 Å². The number of aromatic nitrogens is 1. The second kappa shape index (κ2) is 5.44. The van der Waals surface area contributed by atoms with Crippen LogP contribution in [0.1, 0.15) is 5.56 Å². The van der Waals surface area contributed by atoms with E-state index in [1.807, 2.05) is 6.07 Å². The first-order valence-electron chi connectivity index (χ1n) is 5.79. The summed E-state index contributed by atoms with van der Waals surface area (Å²) >= 11 is 3.32. The van der Waals surface area contributed by atoms with Crippen LogP contribution in [0.2, 0.25) is 0 Å². The number of nitrogens with zero attached hydrogens (tertiary/aromatic N) is 2. The van der Waals surface area contributed by atoms with Gasteiger partial charge in [-0.15, -0.1) is 0 Å². The molecule has 20 heavy (non-hydrogen) atoms. The lowest BCUT2D eigenvalue weighted by molar-refractivity contribution is -0.137. The van der Waals surface area contributed by atoms with Gasteiger partial charge < -0.3 is 4.90 Å². The largest absolute Gasteiger partial charge is 0.417 e. The molecule has 0 saturated carbocycles. The van der Waals surface area contributed by atoms with Gasteiger partial charge in [0.05, 0.1) is 5.56 Å². The molecule has 2 nitrogen and oxygen atoms in total. The summed E-state index contributed by atoms with van der Waals surface area (Å²) in [6, 6.07) is 8.25. The van der Waals surface area contributed by atoms with Crippen molar-refractivity contribution in [3.63, 3.8) is 0 Å². The molecule has 106 valence electrons. The van der Waals surface area contributed by atoms with E-state index in [0.29, 0.717) is 16.9 Å². The monoisotopic (exact) mass is 344 g/mol. The van der Waals surface area contributed by atoms with E-state index >= 15 is 0 Å². The number of hydrogen-bond donors (Lipinski definition) is 0. The van der Waals surface area contributed by atoms with Gasteiger partial charge in [-0.2, -0.15) is 13.2 Å². The van der Waals surface area contributed by atoms with E-state index in [2.05, 4.69) is 20.9 Å². The highest BCUT2D eigenvalue weighted by molar-refractivity contribution is 9.10. The lowest BCUT2D eigenvalue weighted by atomic mass is 10.0. The highest BCUT2D eigenvalue weighted by Gasteiger charge is 2.32. The van der Waals surface area contributed by atoms with Crippen molar-refractivity contribution in [2.45, 2.75) is 6.18 Å². The zero-order valence-electron chi connectivity index (χ0n) is 10.9. The van der Waals surface area contributed by atoms with Crippen LogP contribution in [-0.2, 0) is 6.18 Å². The Morgan fingerprint density at radius 3 is 2.40 bits per heavy atom. The van der Waals surface area contributed by atoms with E-state index in [1.54, 1.807) is 37.2 Å². The minimum absolute atomic E-state index is 0.450. The van der Waals surface area contributed by atoms with Gasteiger partial charge in [0.1, 0.15) is 5.82 Å². The van der Waals surface area contributed by atoms with E-state index in [1.165, 1.54) is 0 Å². The normalized spacial score (nSPS) is 11.5. The van der Waals surface area contributed by atoms with Crippen molar-refractivity contribution in [1.29, 1.82) is 0 Å². The van der Waals surface area contributed by atoms with Crippen LogP contribution < -0.4 is 4.90 Å². The van der Waals surface area contributed by atoms with Gasteiger partial charge in [0.15, 0.2) is 0 Å². The molecule has 0 amide bonds. The van der Waals surface area contributed by atoms with E-state index in [9.17, 15) is 13.2 Å². The zero-order chi connectivity index (χ0) is 14.9. The Balaban J connectivity index is 2.64. The van der Waals surface area contributed by atoms with Gasteiger partial charge in [-0.1, -0.05) is 28.1 Å². The standard InChI is InChI=1S/C14H12BrF3N2/c1-20(2)13-12(9-4-3-5-11(15)6-9)7-10(8-19-13)14(16,17)18/h3-8H,1-2H3. The zero-order valence-corrected chi connectivity index (χ0v) is 12.5. The summed E-state index contributed by atoms with van der Waals surface area (Å²) in [5.41, 5.74) is 0.380. The van der Waals surface area contributed by atoms with E-state index in [-0.39, 0.29) is 0 Å². The molecule has 0 fully saturated rings. The van der Waals surface area contributed by atoms with Gasteiger partial charge in [0.2, 0.25) is 0 Å². The quantitative estimate of drug-likeness (QED) is 0.791. The minimum Gasteiger partial charge on any atom is -0.362 e. The lowest BCUT2D eigenvalue weighted by Gasteiger charge is -2.18. The number of anilines is 1. The Morgan fingerprint density at radius 1 is 1.15 bits per heavy atom. The van der Waals surface area contributed by atoms with Gasteiger partial charge in [0.25, 0.3) is 0 Å². The molecule has 0 radical (unpaired) electrons. The second-order valence-corrected chi connectivity index (χ2v) is 5.41. The number of hydrogen-bond acceptors (Lipinski definition) is 2. The van der Waals surface area contributed by atoms with E-state index < -0.39 is 11.7 Å². The molecule has 2 aromatic rings. The Morgan fingerprint density at radius 2 is 1.85 bits per heavy atom. The van der Waals surface area contributed by atoms with Gasteiger partial charge in [0, 0.05) is 30.3 Å². The fourth-order valence-corrected chi connectivity index (χ4v) is 2.24. The molecule has 0 aliphatic carbocycles. The first kappa shape index (κ1) is 14.8. The fourth-order valence-electron chi connectivity index (χ4n) is 1.84. The predicted octanol–water partition coefficient (Wildman–Crippen LogP) is 4.60.